The molecule has 0 aliphatic carbocycles. The Morgan fingerprint density at radius 2 is 0.519 bits per heavy atom. The third kappa shape index (κ3) is 74.4. The van der Waals surface area contributed by atoms with Crippen molar-refractivity contribution in [2.24, 2.45) is 0 Å². The normalized spacial score (nSPS) is 14.9. The van der Waals surface area contributed by atoms with Crippen LogP contribution in [-0.2, 0) is 65.4 Å². The molecule has 17 nitrogen and oxygen atoms in total. The van der Waals surface area contributed by atoms with Gasteiger partial charge in [-0.3, -0.25) is 37.3 Å². The molecule has 0 bridgehead atoms. The summed E-state index contributed by atoms with van der Waals surface area (Å²) in [6.07, 6.45) is 90.4. The molecule has 0 aromatic rings. The SMILES string of the molecule is CC/C=C\C/C=C\C/C=C\C/C=C\C/C=C\C/C=C\CCC(=O)OCC(COP(=O)(O)OCC(O)COP(=O)(O)OCC(COC(=O)CCCC/C=C\C/C=C\C/C=C\C/C=C\CC)OC(=O)CCCCCCC/C=C\CCCCCC)OC(=O)CCCCCC/C=C\C/C=C\C/C=C\C/C=C\CC. The molecule has 0 saturated heterocycles. The zero-order valence-electron chi connectivity index (χ0n) is 64.1. The summed E-state index contributed by atoms with van der Waals surface area (Å²) in [6, 6.07) is 0. The van der Waals surface area contributed by atoms with Crippen molar-refractivity contribution in [3.8, 4) is 0 Å². The molecule has 0 amide bonds. The van der Waals surface area contributed by atoms with Crippen molar-refractivity contribution < 1.29 is 80.2 Å². The van der Waals surface area contributed by atoms with Crippen LogP contribution in [0.15, 0.2) is 182 Å². The highest BCUT2D eigenvalue weighted by Crippen LogP contribution is 2.45. The van der Waals surface area contributed by atoms with Gasteiger partial charge in [-0.1, -0.05) is 261 Å². The van der Waals surface area contributed by atoms with E-state index in [0.717, 1.165) is 161 Å². The molecule has 104 heavy (non-hydrogen) atoms. The topological polar surface area (TPSA) is 237 Å². The summed E-state index contributed by atoms with van der Waals surface area (Å²) in [5.74, 6) is -2.38. The van der Waals surface area contributed by atoms with Crippen LogP contribution in [0.4, 0.5) is 0 Å². The number of rotatable bonds is 71. The van der Waals surface area contributed by atoms with E-state index in [1.165, 1.54) is 25.7 Å². The first-order chi connectivity index (χ1) is 50.7. The number of unbranched alkanes of at least 4 members (excludes halogenated alkanes) is 15. The second-order valence-electron chi connectivity index (χ2n) is 25.1. The van der Waals surface area contributed by atoms with Crippen LogP contribution >= 0.6 is 15.6 Å². The fourth-order valence-corrected chi connectivity index (χ4v) is 11.1. The van der Waals surface area contributed by atoms with Gasteiger partial charge in [0.1, 0.15) is 19.3 Å². The van der Waals surface area contributed by atoms with Crippen LogP contribution in [0, 0.1) is 0 Å². The molecule has 0 aromatic carbocycles. The number of ether oxygens (including phenoxy) is 4. The third-order valence-corrected chi connectivity index (χ3v) is 17.3. The van der Waals surface area contributed by atoms with Crippen molar-refractivity contribution in [1.29, 1.82) is 0 Å². The molecule has 0 heterocycles. The van der Waals surface area contributed by atoms with E-state index in [2.05, 4.69) is 192 Å². The van der Waals surface area contributed by atoms with Gasteiger partial charge in [-0.05, 0) is 167 Å². The fraction of sp³-hybridized carbons (Fsp3) is 0.600. The maximum atomic E-state index is 13.1. The van der Waals surface area contributed by atoms with Gasteiger partial charge in [-0.2, -0.15) is 0 Å². The van der Waals surface area contributed by atoms with E-state index in [9.17, 15) is 43.2 Å². The van der Waals surface area contributed by atoms with E-state index in [1.54, 1.807) is 0 Å². The molecule has 0 spiro atoms. The summed E-state index contributed by atoms with van der Waals surface area (Å²) in [5.41, 5.74) is 0. The van der Waals surface area contributed by atoms with Gasteiger partial charge >= 0.3 is 39.5 Å². The van der Waals surface area contributed by atoms with Crippen LogP contribution in [0.25, 0.3) is 0 Å². The Morgan fingerprint density at radius 3 is 0.856 bits per heavy atom. The van der Waals surface area contributed by atoms with Crippen molar-refractivity contribution in [1.82, 2.24) is 0 Å². The van der Waals surface area contributed by atoms with Crippen LogP contribution in [0.2, 0.25) is 0 Å². The molecule has 0 aromatic heterocycles. The number of carbonyl (C=O) groups excluding carboxylic acids is 4. The van der Waals surface area contributed by atoms with Crippen molar-refractivity contribution in [2.45, 2.75) is 290 Å². The number of hydrogen-bond donors (Lipinski definition) is 3. The lowest BCUT2D eigenvalue weighted by Crippen LogP contribution is -2.30. The number of aliphatic hydroxyl groups excluding tert-OH is 1. The Morgan fingerprint density at radius 1 is 0.279 bits per heavy atom. The first kappa shape index (κ1) is 98.2. The second kappa shape index (κ2) is 75.4. The number of allylic oxidation sites excluding steroid dienone is 30. The van der Waals surface area contributed by atoms with Crippen LogP contribution in [-0.4, -0.2) is 96.7 Å². The zero-order chi connectivity index (χ0) is 76.0. The summed E-state index contributed by atoms with van der Waals surface area (Å²) in [6.45, 7) is 4.31. The van der Waals surface area contributed by atoms with Gasteiger partial charge in [0.05, 0.1) is 26.4 Å². The highest BCUT2D eigenvalue weighted by atomic mass is 31.2. The van der Waals surface area contributed by atoms with Crippen LogP contribution in [0.5, 0.6) is 0 Å². The molecule has 0 aliphatic rings. The molecule has 0 saturated carbocycles. The van der Waals surface area contributed by atoms with E-state index in [4.69, 9.17) is 37.0 Å². The molecule has 0 fully saturated rings. The number of phosphoric acid groups is 2. The minimum atomic E-state index is -5.01. The van der Waals surface area contributed by atoms with E-state index in [1.807, 2.05) is 18.2 Å². The maximum absolute atomic E-state index is 13.1. The Balaban J connectivity index is 5.51. The molecular formula is C85H136O17P2. The standard InChI is InChI=1S/C85H136O17P2/c1-5-9-13-17-21-25-29-33-36-38-39-41-43-47-50-54-58-62-66-70-83(88)96-76-81(102-85(90)72-68-64-60-56-52-48-44-40-37-34-30-26-22-18-14-10-6-2)78-100-104(93,94)98-74-79(86)73-97-103(91,92)99-77-80(101-84(89)71-67-63-59-55-51-45-32-28-24-20-16-12-8-4)75-95-82(87)69-65-61-57-53-49-46-42-35-31-27-23-19-15-11-7-3/h9-11,13-15,21-23,25-28,32-37,39,41-42,44,47-50,53,58,62,79-81,86H,5-8,12,16-20,24,29-31,38,40,43,45-46,51-52,54-57,59-61,63-78H2,1-4H3,(H,91,92)(H,93,94)/b13-9-,14-10-,15-11-,25-21-,26-22-,27-23-,32-28-,36-33-,37-34-,41-39-,42-35-,48-44-,50-47-,53-49-,62-58-. The summed E-state index contributed by atoms with van der Waals surface area (Å²) in [5, 5.41) is 10.6. The highest BCUT2D eigenvalue weighted by Gasteiger charge is 2.30. The van der Waals surface area contributed by atoms with Crippen LogP contribution < -0.4 is 0 Å². The van der Waals surface area contributed by atoms with Gasteiger partial charge in [0.15, 0.2) is 12.2 Å². The average Bonchev–Trinajstić information content (AvgIpc) is 0.911. The van der Waals surface area contributed by atoms with Gasteiger partial charge in [-0.15, -0.1) is 0 Å². The Labute approximate surface area is 628 Å². The molecule has 0 aliphatic heterocycles. The monoisotopic (exact) mass is 1490 g/mol. The van der Waals surface area contributed by atoms with Crippen LogP contribution in [0.3, 0.4) is 0 Å². The lowest BCUT2D eigenvalue weighted by Gasteiger charge is -2.21. The summed E-state index contributed by atoms with van der Waals surface area (Å²) >= 11 is 0. The zero-order valence-corrected chi connectivity index (χ0v) is 65.9. The van der Waals surface area contributed by atoms with Crippen molar-refractivity contribution in [3.05, 3.63) is 182 Å². The fourth-order valence-electron chi connectivity index (χ4n) is 9.51. The van der Waals surface area contributed by atoms with Crippen molar-refractivity contribution in [3.63, 3.8) is 0 Å². The summed E-state index contributed by atoms with van der Waals surface area (Å²) in [7, 11) is -10.0. The van der Waals surface area contributed by atoms with Gasteiger partial charge in [0.25, 0.3) is 0 Å². The molecule has 5 atom stereocenters. The minimum Gasteiger partial charge on any atom is -0.462 e. The predicted octanol–water partition coefficient (Wildman–Crippen LogP) is 22.8. The van der Waals surface area contributed by atoms with Gasteiger partial charge in [0.2, 0.25) is 0 Å². The molecule has 19 heteroatoms. The summed E-state index contributed by atoms with van der Waals surface area (Å²) in [4.78, 5) is 72.9. The predicted molar refractivity (Wildman–Crippen MR) is 426 cm³/mol. The van der Waals surface area contributed by atoms with E-state index >= 15 is 0 Å². The minimum absolute atomic E-state index is 0.0225. The Hall–Kier alpha value is -5.84. The van der Waals surface area contributed by atoms with Gasteiger partial charge in [0, 0.05) is 25.7 Å². The molecule has 0 radical (unpaired) electrons. The van der Waals surface area contributed by atoms with Crippen molar-refractivity contribution >= 4 is 39.5 Å². The maximum Gasteiger partial charge on any atom is 0.472 e. The van der Waals surface area contributed by atoms with Gasteiger partial charge < -0.3 is 33.8 Å². The van der Waals surface area contributed by atoms with Crippen molar-refractivity contribution in [2.75, 3.05) is 39.6 Å². The molecule has 5 unspecified atom stereocenters. The molecule has 588 valence electrons. The van der Waals surface area contributed by atoms with E-state index < -0.39 is 97.5 Å². The molecule has 3 N–H and O–H groups in total. The molecular weight excluding hydrogens is 1350 g/mol. The largest absolute Gasteiger partial charge is 0.472 e. The lowest BCUT2D eigenvalue weighted by molar-refractivity contribution is -0.161. The smallest absolute Gasteiger partial charge is 0.462 e. The Bertz CT molecular complexity index is 2690. The number of phosphoric ester groups is 2. The number of hydrogen-bond acceptors (Lipinski definition) is 15. The first-order valence-electron chi connectivity index (χ1n) is 39.0. The quantitative estimate of drug-likeness (QED) is 0.0169. The Kier molecular flexibility index (Phi) is 71.2. The average molecular weight is 1490 g/mol. The number of carbonyl (C=O) groups is 4. The number of esters is 4. The molecule has 0 rings (SSSR count). The lowest BCUT2D eigenvalue weighted by atomic mass is 10.1. The van der Waals surface area contributed by atoms with Crippen LogP contribution in [0.1, 0.15) is 272 Å². The number of aliphatic hydroxyl groups is 1. The first-order valence-corrected chi connectivity index (χ1v) is 42.0. The van der Waals surface area contributed by atoms with Gasteiger partial charge in [-0.25, -0.2) is 9.13 Å². The van der Waals surface area contributed by atoms with E-state index in [-0.39, 0.29) is 25.7 Å². The second-order valence-corrected chi connectivity index (χ2v) is 28.1. The third-order valence-electron chi connectivity index (χ3n) is 15.4. The van der Waals surface area contributed by atoms with E-state index in [0.29, 0.717) is 32.1 Å². The highest BCUT2D eigenvalue weighted by molar-refractivity contribution is 7.47. The summed E-state index contributed by atoms with van der Waals surface area (Å²) < 4.78 is 68.4.